The first-order valence-electron chi connectivity index (χ1n) is 7.92. The summed E-state index contributed by atoms with van der Waals surface area (Å²) >= 11 is 0. The standard InChI is InChI=1S/C18H21N3O2/c1-13-10-15(21-18(22)11-14-4-2-9-20-14)6-7-17(13)23-16-5-3-8-19-12-16/h3,5-8,10,12,14,20H,2,4,9,11H2,1H3,(H,21,22). The lowest BCUT2D eigenvalue weighted by Gasteiger charge is -2.13. The van der Waals surface area contributed by atoms with E-state index in [2.05, 4.69) is 15.6 Å². The number of nitrogens with zero attached hydrogens (tertiary/aromatic N) is 1. The van der Waals surface area contributed by atoms with Crippen molar-refractivity contribution in [3.63, 3.8) is 0 Å². The molecular formula is C18H21N3O2. The first-order valence-corrected chi connectivity index (χ1v) is 7.92. The van der Waals surface area contributed by atoms with Gasteiger partial charge in [-0.15, -0.1) is 0 Å². The molecule has 1 atom stereocenters. The molecule has 1 fully saturated rings. The van der Waals surface area contributed by atoms with E-state index < -0.39 is 0 Å². The molecule has 2 heterocycles. The van der Waals surface area contributed by atoms with E-state index in [1.54, 1.807) is 12.4 Å². The van der Waals surface area contributed by atoms with Gasteiger partial charge in [0.25, 0.3) is 0 Å². The highest BCUT2D eigenvalue weighted by Crippen LogP contribution is 2.27. The molecule has 0 saturated carbocycles. The summed E-state index contributed by atoms with van der Waals surface area (Å²) in [5.41, 5.74) is 1.76. The monoisotopic (exact) mass is 311 g/mol. The first kappa shape index (κ1) is 15.5. The van der Waals surface area contributed by atoms with Crippen LogP contribution in [-0.4, -0.2) is 23.5 Å². The van der Waals surface area contributed by atoms with Crippen molar-refractivity contribution in [2.24, 2.45) is 0 Å². The molecular weight excluding hydrogens is 290 g/mol. The maximum Gasteiger partial charge on any atom is 0.225 e. The highest BCUT2D eigenvalue weighted by molar-refractivity contribution is 5.91. The highest BCUT2D eigenvalue weighted by atomic mass is 16.5. The Labute approximate surface area is 136 Å². The number of anilines is 1. The third kappa shape index (κ3) is 4.29. The molecule has 1 aliphatic heterocycles. The number of pyridine rings is 1. The highest BCUT2D eigenvalue weighted by Gasteiger charge is 2.17. The maximum absolute atomic E-state index is 12.1. The summed E-state index contributed by atoms with van der Waals surface area (Å²) < 4.78 is 5.79. The maximum atomic E-state index is 12.1. The van der Waals surface area contributed by atoms with E-state index in [9.17, 15) is 4.79 Å². The lowest BCUT2D eigenvalue weighted by atomic mass is 10.1. The second-order valence-corrected chi connectivity index (χ2v) is 5.82. The molecule has 1 aromatic carbocycles. The Kier molecular flexibility index (Phi) is 4.88. The molecule has 1 aliphatic rings. The van der Waals surface area contributed by atoms with Gasteiger partial charge in [0.15, 0.2) is 0 Å². The van der Waals surface area contributed by atoms with Gasteiger partial charge < -0.3 is 15.4 Å². The van der Waals surface area contributed by atoms with E-state index >= 15 is 0 Å². The minimum atomic E-state index is 0.0460. The molecule has 1 saturated heterocycles. The Morgan fingerprint density at radius 2 is 2.35 bits per heavy atom. The van der Waals surface area contributed by atoms with Crippen molar-refractivity contribution in [2.75, 3.05) is 11.9 Å². The van der Waals surface area contributed by atoms with Gasteiger partial charge >= 0.3 is 0 Å². The lowest BCUT2D eigenvalue weighted by molar-refractivity contribution is -0.116. The largest absolute Gasteiger partial charge is 0.455 e. The number of nitrogens with one attached hydrogen (secondary N) is 2. The first-order chi connectivity index (χ1) is 11.2. The summed E-state index contributed by atoms with van der Waals surface area (Å²) in [6.45, 7) is 2.97. The van der Waals surface area contributed by atoms with Crippen LogP contribution in [0.5, 0.6) is 11.5 Å². The van der Waals surface area contributed by atoms with Gasteiger partial charge in [0, 0.05) is 24.3 Å². The molecule has 5 nitrogen and oxygen atoms in total. The second-order valence-electron chi connectivity index (χ2n) is 5.82. The minimum Gasteiger partial charge on any atom is -0.455 e. The van der Waals surface area contributed by atoms with Crippen LogP contribution in [0, 0.1) is 6.92 Å². The number of aryl methyl sites for hydroxylation is 1. The van der Waals surface area contributed by atoms with Gasteiger partial charge in [0.05, 0.1) is 6.20 Å². The average Bonchev–Trinajstić information content (AvgIpc) is 3.04. The topological polar surface area (TPSA) is 63.2 Å². The molecule has 120 valence electrons. The number of amides is 1. The van der Waals surface area contributed by atoms with Gasteiger partial charge in [-0.1, -0.05) is 0 Å². The third-order valence-electron chi connectivity index (χ3n) is 3.92. The number of carbonyl (C=O) groups is 1. The molecule has 0 radical (unpaired) electrons. The quantitative estimate of drug-likeness (QED) is 0.889. The number of carbonyl (C=O) groups excluding carboxylic acids is 1. The normalized spacial score (nSPS) is 17.0. The SMILES string of the molecule is Cc1cc(NC(=O)CC2CCCN2)ccc1Oc1cccnc1. The van der Waals surface area contributed by atoms with Crippen molar-refractivity contribution in [3.8, 4) is 11.5 Å². The molecule has 0 spiro atoms. The summed E-state index contributed by atoms with van der Waals surface area (Å²) in [7, 11) is 0. The van der Waals surface area contributed by atoms with Gasteiger partial charge in [0.2, 0.25) is 5.91 Å². The van der Waals surface area contributed by atoms with Crippen LogP contribution in [0.4, 0.5) is 5.69 Å². The van der Waals surface area contributed by atoms with Crippen molar-refractivity contribution in [1.29, 1.82) is 0 Å². The van der Waals surface area contributed by atoms with Crippen LogP contribution < -0.4 is 15.4 Å². The fraction of sp³-hybridized carbons (Fsp3) is 0.333. The zero-order valence-corrected chi connectivity index (χ0v) is 13.2. The number of benzene rings is 1. The van der Waals surface area contributed by atoms with Crippen molar-refractivity contribution < 1.29 is 9.53 Å². The van der Waals surface area contributed by atoms with Crippen LogP contribution >= 0.6 is 0 Å². The van der Waals surface area contributed by atoms with Crippen LogP contribution in [0.15, 0.2) is 42.7 Å². The number of aromatic nitrogens is 1. The van der Waals surface area contributed by atoms with E-state index in [1.807, 2.05) is 37.3 Å². The Morgan fingerprint density at radius 1 is 1.43 bits per heavy atom. The molecule has 23 heavy (non-hydrogen) atoms. The molecule has 1 unspecified atom stereocenters. The number of hydrogen-bond donors (Lipinski definition) is 2. The summed E-state index contributed by atoms with van der Waals surface area (Å²) in [5.74, 6) is 1.50. The third-order valence-corrected chi connectivity index (χ3v) is 3.92. The zero-order valence-electron chi connectivity index (χ0n) is 13.2. The Balaban J connectivity index is 1.61. The zero-order chi connectivity index (χ0) is 16.1. The van der Waals surface area contributed by atoms with Crippen LogP contribution in [0.2, 0.25) is 0 Å². The van der Waals surface area contributed by atoms with Crippen LogP contribution in [0.1, 0.15) is 24.8 Å². The smallest absolute Gasteiger partial charge is 0.225 e. The number of hydrogen-bond acceptors (Lipinski definition) is 4. The van der Waals surface area contributed by atoms with Gasteiger partial charge in [-0.25, -0.2) is 0 Å². The second kappa shape index (κ2) is 7.24. The van der Waals surface area contributed by atoms with E-state index in [0.717, 1.165) is 36.4 Å². The average molecular weight is 311 g/mol. The molecule has 0 aliphatic carbocycles. The summed E-state index contributed by atoms with van der Waals surface area (Å²) in [6.07, 6.45) is 6.12. The van der Waals surface area contributed by atoms with Gasteiger partial charge in [0.1, 0.15) is 11.5 Å². The van der Waals surface area contributed by atoms with Crippen molar-refractivity contribution in [3.05, 3.63) is 48.3 Å². The summed E-state index contributed by atoms with van der Waals surface area (Å²) in [4.78, 5) is 16.1. The van der Waals surface area contributed by atoms with Gasteiger partial charge in [-0.05, 0) is 62.2 Å². The molecule has 0 bridgehead atoms. The Hall–Kier alpha value is -2.40. The Bertz CT molecular complexity index is 667. The van der Waals surface area contributed by atoms with E-state index in [-0.39, 0.29) is 5.91 Å². The van der Waals surface area contributed by atoms with E-state index in [1.165, 1.54) is 0 Å². The predicted octanol–water partition coefficient (Wildman–Crippen LogP) is 3.26. The fourth-order valence-corrected chi connectivity index (χ4v) is 2.74. The van der Waals surface area contributed by atoms with Gasteiger partial charge in [-0.3, -0.25) is 9.78 Å². The lowest BCUT2D eigenvalue weighted by Crippen LogP contribution is -2.27. The van der Waals surface area contributed by atoms with Crippen LogP contribution in [0.3, 0.4) is 0 Å². The molecule has 2 aromatic rings. The Morgan fingerprint density at radius 3 is 3.04 bits per heavy atom. The number of ether oxygens (including phenoxy) is 1. The van der Waals surface area contributed by atoms with Crippen molar-refractivity contribution in [1.82, 2.24) is 10.3 Å². The molecule has 3 rings (SSSR count). The number of rotatable bonds is 5. The molecule has 1 amide bonds. The fourth-order valence-electron chi connectivity index (χ4n) is 2.74. The summed E-state index contributed by atoms with van der Waals surface area (Å²) in [5, 5.41) is 6.29. The van der Waals surface area contributed by atoms with E-state index in [4.69, 9.17) is 4.74 Å². The molecule has 2 N–H and O–H groups in total. The van der Waals surface area contributed by atoms with Gasteiger partial charge in [-0.2, -0.15) is 0 Å². The van der Waals surface area contributed by atoms with Crippen LogP contribution in [-0.2, 0) is 4.79 Å². The molecule has 1 aromatic heterocycles. The molecule has 5 heteroatoms. The minimum absolute atomic E-state index is 0.0460. The van der Waals surface area contributed by atoms with Crippen molar-refractivity contribution >= 4 is 11.6 Å². The predicted molar refractivity (Wildman–Crippen MR) is 89.8 cm³/mol. The summed E-state index contributed by atoms with van der Waals surface area (Å²) in [6, 6.07) is 9.65. The van der Waals surface area contributed by atoms with E-state index in [0.29, 0.717) is 18.2 Å². The van der Waals surface area contributed by atoms with Crippen LogP contribution in [0.25, 0.3) is 0 Å². The van der Waals surface area contributed by atoms with Crippen molar-refractivity contribution in [2.45, 2.75) is 32.2 Å².